The van der Waals surface area contributed by atoms with Gasteiger partial charge in [0, 0.05) is 30.1 Å². The number of nitrogens with zero attached hydrogens (tertiary/aromatic N) is 1. The molecule has 4 heteroatoms. The number of methoxy groups -OCH3 is 1. The summed E-state index contributed by atoms with van der Waals surface area (Å²) in [5.74, 6) is 1.11. The van der Waals surface area contributed by atoms with Gasteiger partial charge < -0.3 is 14.6 Å². The smallest absolute Gasteiger partial charge is 0.223 e. The SMILES string of the molecule is COc1ccc(C2CCCCCN2C(=O)CCc2c[nH]c3ccccc23)cc1. The first-order valence-corrected chi connectivity index (χ1v) is 10.2. The van der Waals surface area contributed by atoms with Crippen LogP contribution in [0.15, 0.2) is 54.7 Å². The fourth-order valence-corrected chi connectivity index (χ4v) is 4.30. The van der Waals surface area contributed by atoms with Crippen molar-refractivity contribution >= 4 is 16.8 Å². The molecule has 1 N–H and O–H groups in total. The summed E-state index contributed by atoms with van der Waals surface area (Å²) in [6.45, 7) is 0.851. The first-order chi connectivity index (χ1) is 13.8. The van der Waals surface area contributed by atoms with Gasteiger partial charge in [0.05, 0.1) is 13.2 Å². The van der Waals surface area contributed by atoms with Crippen molar-refractivity contribution in [3.8, 4) is 5.75 Å². The molecule has 0 aliphatic carbocycles. The van der Waals surface area contributed by atoms with Crippen molar-refractivity contribution in [2.24, 2.45) is 0 Å². The Morgan fingerprint density at radius 1 is 1.11 bits per heavy atom. The van der Waals surface area contributed by atoms with Crippen LogP contribution in [0.3, 0.4) is 0 Å². The summed E-state index contributed by atoms with van der Waals surface area (Å²) in [5, 5.41) is 1.22. The summed E-state index contributed by atoms with van der Waals surface area (Å²) in [7, 11) is 1.68. The number of benzene rings is 2. The fraction of sp³-hybridized carbons (Fsp3) is 0.375. The van der Waals surface area contributed by atoms with Gasteiger partial charge in [0.15, 0.2) is 0 Å². The minimum atomic E-state index is 0.170. The van der Waals surface area contributed by atoms with E-state index in [9.17, 15) is 4.79 Å². The highest BCUT2D eigenvalue weighted by molar-refractivity contribution is 5.84. The molecule has 0 bridgehead atoms. The van der Waals surface area contributed by atoms with Gasteiger partial charge in [-0.3, -0.25) is 4.79 Å². The minimum Gasteiger partial charge on any atom is -0.497 e. The number of amides is 1. The second-order valence-electron chi connectivity index (χ2n) is 7.58. The first-order valence-electron chi connectivity index (χ1n) is 10.2. The summed E-state index contributed by atoms with van der Waals surface area (Å²) < 4.78 is 5.29. The quantitative estimate of drug-likeness (QED) is 0.661. The van der Waals surface area contributed by atoms with E-state index in [0.717, 1.165) is 37.1 Å². The molecule has 3 aromatic rings. The average molecular weight is 376 g/mol. The van der Waals surface area contributed by atoms with E-state index in [0.29, 0.717) is 6.42 Å². The summed E-state index contributed by atoms with van der Waals surface area (Å²) in [4.78, 5) is 18.6. The highest BCUT2D eigenvalue weighted by Gasteiger charge is 2.26. The number of carbonyl (C=O) groups is 1. The van der Waals surface area contributed by atoms with Crippen molar-refractivity contribution in [1.82, 2.24) is 9.88 Å². The number of likely N-dealkylation sites (tertiary alicyclic amines) is 1. The van der Waals surface area contributed by atoms with Crippen LogP contribution in [0, 0.1) is 0 Å². The molecule has 1 amide bonds. The number of para-hydroxylation sites is 1. The molecular weight excluding hydrogens is 348 g/mol. The topological polar surface area (TPSA) is 45.3 Å². The lowest BCUT2D eigenvalue weighted by Gasteiger charge is -2.31. The number of aryl methyl sites for hydroxylation is 1. The van der Waals surface area contributed by atoms with E-state index in [1.807, 2.05) is 24.4 Å². The predicted octanol–water partition coefficient (Wildman–Crippen LogP) is 5.25. The summed E-state index contributed by atoms with van der Waals surface area (Å²) in [6, 6.07) is 16.7. The number of H-pyrrole nitrogens is 1. The third-order valence-electron chi connectivity index (χ3n) is 5.86. The van der Waals surface area contributed by atoms with E-state index in [-0.39, 0.29) is 11.9 Å². The third-order valence-corrected chi connectivity index (χ3v) is 5.86. The Bertz CT molecular complexity index is 929. The number of aromatic nitrogens is 1. The normalized spacial score (nSPS) is 17.5. The van der Waals surface area contributed by atoms with Crippen LogP contribution in [0.1, 0.15) is 49.3 Å². The second-order valence-corrected chi connectivity index (χ2v) is 7.58. The number of rotatable bonds is 5. The molecule has 0 radical (unpaired) electrons. The largest absolute Gasteiger partial charge is 0.497 e. The van der Waals surface area contributed by atoms with E-state index in [1.54, 1.807) is 7.11 Å². The van der Waals surface area contributed by atoms with Gasteiger partial charge in [-0.1, -0.05) is 43.2 Å². The molecule has 2 heterocycles. The van der Waals surface area contributed by atoms with E-state index >= 15 is 0 Å². The van der Waals surface area contributed by atoms with Crippen molar-refractivity contribution in [2.75, 3.05) is 13.7 Å². The van der Waals surface area contributed by atoms with Crippen molar-refractivity contribution in [3.05, 3.63) is 65.9 Å². The second kappa shape index (κ2) is 8.51. The lowest BCUT2D eigenvalue weighted by molar-refractivity contribution is -0.133. The standard InChI is InChI=1S/C24H28N2O2/c1-28-20-13-10-18(11-14-20)23-9-3-2-6-16-26(23)24(27)15-12-19-17-25-22-8-5-4-7-21(19)22/h4-5,7-8,10-11,13-14,17,23,25H,2-3,6,9,12,15-16H2,1H3. The average Bonchev–Trinajstić information content (AvgIpc) is 2.99. The van der Waals surface area contributed by atoms with E-state index in [2.05, 4.69) is 40.2 Å². The summed E-state index contributed by atoms with van der Waals surface area (Å²) in [5.41, 5.74) is 3.57. The summed E-state index contributed by atoms with van der Waals surface area (Å²) in [6.07, 6.45) is 7.85. The maximum absolute atomic E-state index is 13.2. The van der Waals surface area contributed by atoms with E-state index < -0.39 is 0 Å². The monoisotopic (exact) mass is 376 g/mol. The van der Waals surface area contributed by atoms with E-state index in [4.69, 9.17) is 4.74 Å². The molecule has 0 spiro atoms. The van der Waals surface area contributed by atoms with Gasteiger partial charge in [-0.15, -0.1) is 0 Å². The van der Waals surface area contributed by atoms with Gasteiger partial charge in [0.1, 0.15) is 5.75 Å². The molecule has 2 aromatic carbocycles. The third kappa shape index (κ3) is 3.91. The van der Waals surface area contributed by atoms with Gasteiger partial charge in [0.2, 0.25) is 5.91 Å². The molecule has 1 aliphatic rings. The number of hydrogen-bond acceptors (Lipinski definition) is 2. The highest BCUT2D eigenvalue weighted by atomic mass is 16.5. The Labute approximate surface area is 166 Å². The Balaban J connectivity index is 1.49. The van der Waals surface area contributed by atoms with Gasteiger partial charge in [0.25, 0.3) is 0 Å². The zero-order valence-corrected chi connectivity index (χ0v) is 16.5. The van der Waals surface area contributed by atoms with Crippen molar-refractivity contribution in [3.63, 3.8) is 0 Å². The number of nitrogens with one attached hydrogen (secondary N) is 1. The summed E-state index contributed by atoms with van der Waals surface area (Å²) >= 11 is 0. The minimum absolute atomic E-state index is 0.170. The van der Waals surface area contributed by atoms with Crippen LogP contribution < -0.4 is 4.74 Å². The van der Waals surface area contributed by atoms with Crippen molar-refractivity contribution < 1.29 is 9.53 Å². The molecular formula is C24H28N2O2. The van der Waals surface area contributed by atoms with Crippen LogP contribution in [0.5, 0.6) is 5.75 Å². The van der Waals surface area contributed by atoms with Crippen molar-refractivity contribution in [1.29, 1.82) is 0 Å². The van der Waals surface area contributed by atoms with Crippen LogP contribution in [-0.4, -0.2) is 29.4 Å². The molecule has 146 valence electrons. The Morgan fingerprint density at radius 2 is 1.93 bits per heavy atom. The number of hydrogen-bond donors (Lipinski definition) is 1. The number of ether oxygens (including phenoxy) is 1. The van der Waals surface area contributed by atoms with Crippen LogP contribution >= 0.6 is 0 Å². The van der Waals surface area contributed by atoms with Gasteiger partial charge in [-0.05, 0) is 48.6 Å². The predicted molar refractivity (Wildman–Crippen MR) is 113 cm³/mol. The zero-order valence-electron chi connectivity index (χ0n) is 16.5. The highest BCUT2D eigenvalue weighted by Crippen LogP contribution is 2.32. The maximum Gasteiger partial charge on any atom is 0.223 e. The molecule has 1 fully saturated rings. The molecule has 1 aliphatic heterocycles. The Morgan fingerprint density at radius 3 is 2.75 bits per heavy atom. The van der Waals surface area contributed by atoms with E-state index in [1.165, 1.54) is 29.4 Å². The van der Waals surface area contributed by atoms with Crippen LogP contribution in [0.2, 0.25) is 0 Å². The molecule has 1 aromatic heterocycles. The van der Waals surface area contributed by atoms with Crippen molar-refractivity contribution in [2.45, 2.75) is 44.6 Å². The maximum atomic E-state index is 13.2. The molecule has 1 saturated heterocycles. The number of aromatic amines is 1. The molecule has 28 heavy (non-hydrogen) atoms. The fourth-order valence-electron chi connectivity index (χ4n) is 4.30. The molecule has 1 atom stereocenters. The zero-order chi connectivity index (χ0) is 19.3. The van der Waals surface area contributed by atoms with Gasteiger partial charge in [-0.25, -0.2) is 0 Å². The van der Waals surface area contributed by atoms with Crippen LogP contribution in [0.4, 0.5) is 0 Å². The first kappa shape index (κ1) is 18.6. The molecule has 1 unspecified atom stereocenters. The lowest BCUT2D eigenvalue weighted by atomic mass is 10.00. The van der Waals surface area contributed by atoms with Crippen LogP contribution in [0.25, 0.3) is 10.9 Å². The molecule has 4 rings (SSSR count). The number of fused-ring (bicyclic) bond motifs is 1. The van der Waals surface area contributed by atoms with Gasteiger partial charge in [-0.2, -0.15) is 0 Å². The Kier molecular flexibility index (Phi) is 5.65. The Hall–Kier alpha value is -2.75. The number of carbonyl (C=O) groups excluding carboxylic acids is 1. The lowest BCUT2D eigenvalue weighted by Crippen LogP contribution is -2.35. The molecule has 4 nitrogen and oxygen atoms in total. The van der Waals surface area contributed by atoms with Gasteiger partial charge >= 0.3 is 0 Å². The van der Waals surface area contributed by atoms with Crippen LogP contribution in [-0.2, 0) is 11.2 Å². The molecule has 0 saturated carbocycles.